The molecule has 1 aliphatic rings. The number of carbonyl (C=O) groups is 7. The van der Waals surface area contributed by atoms with E-state index in [1.807, 2.05) is 67.5 Å². The van der Waals surface area contributed by atoms with Crippen molar-refractivity contribution in [2.75, 3.05) is 35.3 Å². The summed E-state index contributed by atoms with van der Waals surface area (Å²) >= 11 is 0. The van der Waals surface area contributed by atoms with Crippen LogP contribution in [0.1, 0.15) is 106 Å². The quantitative estimate of drug-likeness (QED) is 0.127. The second-order valence-corrected chi connectivity index (χ2v) is 20.1. The van der Waals surface area contributed by atoms with Crippen molar-refractivity contribution < 1.29 is 57.3 Å². The van der Waals surface area contributed by atoms with E-state index >= 15 is 0 Å². The predicted molar refractivity (Wildman–Crippen MR) is 265 cm³/mol. The lowest BCUT2D eigenvalue weighted by Gasteiger charge is -2.36. The van der Waals surface area contributed by atoms with Gasteiger partial charge in [-0.05, 0) is 74.3 Å². The summed E-state index contributed by atoms with van der Waals surface area (Å²) in [5.74, 6) is -5.92. The van der Waals surface area contributed by atoms with E-state index in [1.54, 1.807) is 62.5 Å². The van der Waals surface area contributed by atoms with Crippen molar-refractivity contribution in [3.8, 4) is 0 Å². The van der Waals surface area contributed by atoms with Crippen molar-refractivity contribution in [2.45, 2.75) is 156 Å². The molecule has 3 amide bonds. The lowest BCUT2D eigenvalue weighted by Crippen LogP contribution is -2.55. The Balaban J connectivity index is 2.30. The molecule has 0 aliphatic carbocycles. The number of cyclic esters (lactones) is 4. The molecule has 1 aliphatic heterocycles. The molecular formula is C53H79N5O12. The van der Waals surface area contributed by atoms with Crippen LogP contribution >= 0.6 is 0 Å². The highest BCUT2D eigenvalue weighted by molar-refractivity contribution is 5.95. The summed E-state index contributed by atoms with van der Waals surface area (Å²) in [6, 6.07) is 13.2. The van der Waals surface area contributed by atoms with Crippen molar-refractivity contribution in [3.63, 3.8) is 0 Å². The molecule has 1 unspecified atom stereocenters. The Hall–Kier alpha value is -6.00. The van der Waals surface area contributed by atoms with E-state index in [2.05, 4.69) is 5.16 Å². The first-order chi connectivity index (χ1) is 32.9. The van der Waals surface area contributed by atoms with Gasteiger partial charge in [-0.25, -0.2) is 19.2 Å². The number of amides is 3. The zero-order valence-corrected chi connectivity index (χ0v) is 44.1. The van der Waals surface area contributed by atoms with E-state index < -0.39 is 90.2 Å². The molecule has 1 fully saturated rings. The average Bonchev–Trinajstić information content (AvgIpc) is 3.30. The van der Waals surface area contributed by atoms with E-state index in [9.17, 15) is 33.6 Å². The van der Waals surface area contributed by atoms with Crippen LogP contribution in [0.2, 0.25) is 0 Å². The molecule has 0 aromatic heterocycles. The first kappa shape index (κ1) is 58.3. The summed E-state index contributed by atoms with van der Waals surface area (Å²) in [5.41, 5.74) is 1.34. The van der Waals surface area contributed by atoms with Crippen LogP contribution in [0.5, 0.6) is 0 Å². The fourth-order valence-corrected chi connectivity index (χ4v) is 8.38. The second kappa shape index (κ2) is 27.4. The SMILES string of the molecule is CO/N=C1\[C@@H](C)OC(=O)[C@H](CC(C)C)N(C)C(=O)[C@@H](Cc2ccccc2)OC(=O)[C@H](CC(C)C)N(C)C(=O)[C@@H](C)OC(=O)C(CC(C)C)N(C)C(=O)[C@@H](Cc2ccccc2)OC(=O)[C@H](CC(C)C)N1C. The lowest BCUT2D eigenvalue weighted by molar-refractivity contribution is -0.174. The van der Waals surface area contributed by atoms with Gasteiger partial charge in [0.1, 0.15) is 31.3 Å². The normalized spacial score (nSPS) is 25.4. The van der Waals surface area contributed by atoms with Gasteiger partial charge < -0.3 is 43.4 Å². The molecule has 0 spiro atoms. The molecular weight excluding hydrogens is 899 g/mol. The van der Waals surface area contributed by atoms with Crippen molar-refractivity contribution in [3.05, 3.63) is 71.8 Å². The number of esters is 4. The maximum Gasteiger partial charge on any atom is 0.329 e. The lowest BCUT2D eigenvalue weighted by atomic mass is 10.00. The van der Waals surface area contributed by atoms with Crippen LogP contribution in [0.3, 0.4) is 0 Å². The van der Waals surface area contributed by atoms with Gasteiger partial charge in [0, 0.05) is 41.0 Å². The van der Waals surface area contributed by atoms with Crippen LogP contribution in [-0.2, 0) is 70.2 Å². The van der Waals surface area contributed by atoms with Gasteiger partial charge in [0.2, 0.25) is 0 Å². The van der Waals surface area contributed by atoms with Gasteiger partial charge in [0.05, 0.1) is 0 Å². The van der Waals surface area contributed by atoms with Crippen molar-refractivity contribution in [1.29, 1.82) is 0 Å². The van der Waals surface area contributed by atoms with Crippen molar-refractivity contribution in [2.24, 2.45) is 28.8 Å². The number of carbonyl (C=O) groups excluding carboxylic acids is 7. The molecule has 0 bridgehead atoms. The first-order valence-corrected chi connectivity index (χ1v) is 24.4. The molecule has 1 saturated heterocycles. The number of hydrogen-bond acceptors (Lipinski definition) is 13. The molecule has 17 heteroatoms. The minimum Gasteiger partial charge on any atom is -0.453 e. The predicted octanol–water partition coefficient (Wildman–Crippen LogP) is 6.10. The summed E-state index contributed by atoms with van der Waals surface area (Å²) in [7, 11) is 7.15. The van der Waals surface area contributed by atoms with E-state index in [0.717, 1.165) is 4.90 Å². The second-order valence-electron chi connectivity index (χ2n) is 20.1. The number of nitrogens with zero attached hydrogens (tertiary/aromatic N) is 5. The number of amidine groups is 1. The molecule has 0 radical (unpaired) electrons. The Morgan fingerprint density at radius 3 is 1.09 bits per heavy atom. The Morgan fingerprint density at radius 1 is 0.457 bits per heavy atom. The van der Waals surface area contributed by atoms with Gasteiger partial charge in [0.25, 0.3) is 17.7 Å². The zero-order valence-electron chi connectivity index (χ0n) is 44.1. The minimum absolute atomic E-state index is 0.0350. The van der Waals surface area contributed by atoms with E-state index in [4.69, 9.17) is 23.8 Å². The van der Waals surface area contributed by atoms with Crippen molar-refractivity contribution >= 4 is 47.4 Å². The number of rotatable bonds is 13. The van der Waals surface area contributed by atoms with Gasteiger partial charge in [0.15, 0.2) is 30.3 Å². The maximum absolute atomic E-state index is 14.8. The minimum atomic E-state index is -1.45. The smallest absolute Gasteiger partial charge is 0.329 e. The molecule has 0 saturated carbocycles. The summed E-state index contributed by atoms with van der Waals surface area (Å²) in [6.45, 7) is 18.0. The summed E-state index contributed by atoms with van der Waals surface area (Å²) in [4.78, 5) is 112. The number of ether oxygens (including phenoxy) is 4. The highest BCUT2D eigenvalue weighted by Crippen LogP contribution is 2.24. The fourth-order valence-electron chi connectivity index (χ4n) is 8.38. The monoisotopic (exact) mass is 978 g/mol. The summed E-state index contributed by atoms with van der Waals surface area (Å²) in [6.07, 6.45) is -4.98. The summed E-state index contributed by atoms with van der Waals surface area (Å²) < 4.78 is 24.3. The maximum atomic E-state index is 14.8. The molecule has 0 N–H and O–H groups in total. The number of hydrogen-bond donors (Lipinski definition) is 0. The standard InChI is InChI=1S/C53H79N5O12/c1-32(2)26-40-52(64)69-44(30-38-22-18-16-19-23-38)48(60)58(14)42(28-34(5)6)51(63)68-37(10)47(59)56(12)43(29-35(7)8)53(65)70-45(31-39-24-20-17-21-25-39)49(61)57(13)41(27-33(3)4)50(62)67-36(9)46(54-66-15)55(40)11/h16-25,32-37,40-45H,26-31H2,1-15H3/b54-46+/t36-,37-,40+,41+,42?,43+,44-,45-/m1/s1. The molecule has 2 aromatic carbocycles. The van der Waals surface area contributed by atoms with Crippen LogP contribution in [0, 0.1) is 23.7 Å². The Kier molecular flexibility index (Phi) is 22.8. The first-order valence-electron chi connectivity index (χ1n) is 24.4. The van der Waals surface area contributed by atoms with Crippen LogP contribution in [0.25, 0.3) is 0 Å². The number of oxime groups is 1. The molecule has 70 heavy (non-hydrogen) atoms. The van der Waals surface area contributed by atoms with E-state index in [1.165, 1.54) is 49.9 Å². The molecule has 2 aromatic rings. The number of benzene rings is 2. The van der Waals surface area contributed by atoms with E-state index in [-0.39, 0.29) is 68.0 Å². The number of likely N-dealkylation sites (N-methyl/N-ethyl adjacent to an activating group) is 4. The van der Waals surface area contributed by atoms with Gasteiger partial charge in [-0.2, -0.15) is 0 Å². The Bertz CT molecular complexity index is 2080. The molecule has 1 heterocycles. The van der Waals surface area contributed by atoms with E-state index in [0.29, 0.717) is 11.1 Å². The van der Waals surface area contributed by atoms with Crippen LogP contribution < -0.4 is 0 Å². The molecule has 17 nitrogen and oxygen atoms in total. The molecule has 388 valence electrons. The Labute approximate surface area is 415 Å². The summed E-state index contributed by atoms with van der Waals surface area (Å²) in [5, 5.41) is 4.22. The van der Waals surface area contributed by atoms with Crippen LogP contribution in [0.4, 0.5) is 0 Å². The third-order valence-electron chi connectivity index (χ3n) is 12.2. The van der Waals surface area contributed by atoms with Crippen molar-refractivity contribution in [1.82, 2.24) is 19.6 Å². The largest absolute Gasteiger partial charge is 0.453 e. The van der Waals surface area contributed by atoms with Gasteiger partial charge in [-0.15, -0.1) is 0 Å². The Morgan fingerprint density at radius 2 is 0.757 bits per heavy atom. The topological polar surface area (TPSA) is 191 Å². The van der Waals surface area contributed by atoms with Crippen LogP contribution in [-0.4, -0.2) is 151 Å². The molecule has 3 rings (SSSR count). The van der Waals surface area contributed by atoms with Crippen LogP contribution in [0.15, 0.2) is 65.8 Å². The zero-order chi connectivity index (χ0) is 52.6. The molecule has 8 atom stereocenters. The van der Waals surface area contributed by atoms with Gasteiger partial charge in [-0.3, -0.25) is 14.4 Å². The van der Waals surface area contributed by atoms with Gasteiger partial charge in [-0.1, -0.05) is 121 Å². The highest BCUT2D eigenvalue weighted by Gasteiger charge is 2.42. The third kappa shape index (κ3) is 16.9. The average molecular weight is 978 g/mol. The fraction of sp³-hybridized carbons (Fsp3) is 0.623. The highest BCUT2D eigenvalue weighted by atomic mass is 16.6. The third-order valence-corrected chi connectivity index (χ3v) is 12.2. The van der Waals surface area contributed by atoms with Gasteiger partial charge >= 0.3 is 23.9 Å².